The molecule has 0 bridgehead atoms. The number of rotatable bonds is 4. The summed E-state index contributed by atoms with van der Waals surface area (Å²) in [7, 11) is 0. The molecule has 3 aromatic rings. The maximum Gasteiger partial charge on any atom is 0.159 e. The highest BCUT2D eigenvalue weighted by Gasteiger charge is 2.20. The van der Waals surface area contributed by atoms with Gasteiger partial charge in [0.1, 0.15) is 17.5 Å². The number of piperazine rings is 1. The maximum absolute atomic E-state index is 13.4. The van der Waals surface area contributed by atoms with Gasteiger partial charge in [0.25, 0.3) is 0 Å². The van der Waals surface area contributed by atoms with Gasteiger partial charge in [0.2, 0.25) is 0 Å². The van der Waals surface area contributed by atoms with Crippen LogP contribution in [-0.4, -0.2) is 50.8 Å². The molecule has 1 aliphatic rings. The number of aromatic nitrogens is 4. The van der Waals surface area contributed by atoms with Gasteiger partial charge in [0.15, 0.2) is 5.82 Å². The zero-order valence-corrected chi connectivity index (χ0v) is 16.6. The molecule has 0 radical (unpaired) electrons. The molecule has 6 nitrogen and oxygen atoms in total. The summed E-state index contributed by atoms with van der Waals surface area (Å²) in [6, 6.07) is 10.9. The van der Waals surface area contributed by atoms with Crippen molar-refractivity contribution in [3.8, 4) is 5.82 Å². The van der Waals surface area contributed by atoms with Gasteiger partial charge in [-0.1, -0.05) is 12.1 Å². The first-order chi connectivity index (χ1) is 13.5. The first kappa shape index (κ1) is 18.6. The van der Waals surface area contributed by atoms with Crippen LogP contribution in [0.15, 0.2) is 36.4 Å². The highest BCUT2D eigenvalue weighted by atomic mass is 19.1. The van der Waals surface area contributed by atoms with E-state index in [2.05, 4.69) is 24.9 Å². The molecule has 0 N–H and O–H groups in total. The van der Waals surface area contributed by atoms with Crippen molar-refractivity contribution in [3.63, 3.8) is 0 Å². The first-order valence-corrected chi connectivity index (χ1v) is 9.59. The number of benzene rings is 1. The Balaban J connectivity index is 1.46. The third-order valence-corrected chi connectivity index (χ3v) is 5.03. The standard InChI is InChI=1S/C21H25FN6/c1-15-11-16(2)28(25-15)21-13-20(23-17(3)24-21)27-9-7-26(8-10-27)14-18-5-4-6-19(22)12-18/h4-6,11-13H,7-10,14H2,1-3H3. The van der Waals surface area contributed by atoms with Gasteiger partial charge in [-0.15, -0.1) is 0 Å². The van der Waals surface area contributed by atoms with Crippen molar-refractivity contribution in [2.24, 2.45) is 0 Å². The second-order valence-corrected chi connectivity index (χ2v) is 7.36. The van der Waals surface area contributed by atoms with E-state index in [0.717, 1.165) is 67.1 Å². The van der Waals surface area contributed by atoms with E-state index in [1.165, 1.54) is 6.07 Å². The van der Waals surface area contributed by atoms with Crippen LogP contribution in [0.2, 0.25) is 0 Å². The van der Waals surface area contributed by atoms with E-state index in [9.17, 15) is 4.39 Å². The average molecular weight is 380 g/mol. The predicted octanol–water partition coefficient (Wildman–Crippen LogP) is 3.05. The molecule has 2 aromatic heterocycles. The number of halogens is 1. The highest BCUT2D eigenvalue weighted by molar-refractivity contribution is 5.45. The Morgan fingerprint density at radius 2 is 1.68 bits per heavy atom. The largest absolute Gasteiger partial charge is 0.354 e. The third-order valence-electron chi connectivity index (χ3n) is 5.03. The summed E-state index contributed by atoms with van der Waals surface area (Å²) >= 11 is 0. The van der Waals surface area contributed by atoms with Crippen molar-refractivity contribution in [3.05, 3.63) is 65.0 Å². The Morgan fingerprint density at radius 3 is 2.36 bits per heavy atom. The van der Waals surface area contributed by atoms with E-state index in [-0.39, 0.29) is 5.82 Å². The van der Waals surface area contributed by atoms with E-state index < -0.39 is 0 Å². The monoisotopic (exact) mass is 380 g/mol. The summed E-state index contributed by atoms with van der Waals surface area (Å²) in [4.78, 5) is 13.8. The first-order valence-electron chi connectivity index (χ1n) is 9.59. The summed E-state index contributed by atoms with van der Waals surface area (Å²) in [5.74, 6) is 2.29. The zero-order valence-electron chi connectivity index (χ0n) is 16.6. The summed E-state index contributed by atoms with van der Waals surface area (Å²) in [5.41, 5.74) is 3.04. The van der Waals surface area contributed by atoms with Gasteiger partial charge in [-0.25, -0.2) is 19.0 Å². The normalized spacial score (nSPS) is 15.2. The van der Waals surface area contributed by atoms with Crippen LogP contribution in [0.1, 0.15) is 22.8 Å². The molecule has 0 atom stereocenters. The predicted molar refractivity (Wildman–Crippen MR) is 107 cm³/mol. The minimum atomic E-state index is -0.177. The fourth-order valence-corrected chi connectivity index (χ4v) is 3.70. The number of nitrogens with zero attached hydrogens (tertiary/aromatic N) is 6. The zero-order chi connectivity index (χ0) is 19.7. The number of anilines is 1. The van der Waals surface area contributed by atoms with Gasteiger partial charge in [0, 0.05) is 44.5 Å². The van der Waals surface area contributed by atoms with Crippen molar-refractivity contribution in [1.29, 1.82) is 0 Å². The molecule has 0 amide bonds. The molecule has 7 heteroatoms. The molecule has 28 heavy (non-hydrogen) atoms. The Bertz CT molecular complexity index is 975. The number of hydrogen-bond acceptors (Lipinski definition) is 5. The molecule has 1 aromatic carbocycles. The number of hydrogen-bond donors (Lipinski definition) is 0. The van der Waals surface area contributed by atoms with Crippen LogP contribution in [0.5, 0.6) is 0 Å². The van der Waals surface area contributed by atoms with Gasteiger partial charge < -0.3 is 4.90 Å². The minimum absolute atomic E-state index is 0.177. The Hall–Kier alpha value is -2.80. The summed E-state index contributed by atoms with van der Waals surface area (Å²) in [6.07, 6.45) is 0. The Labute approximate surface area is 164 Å². The molecule has 146 valence electrons. The minimum Gasteiger partial charge on any atom is -0.354 e. The maximum atomic E-state index is 13.4. The lowest BCUT2D eigenvalue weighted by Crippen LogP contribution is -2.46. The van der Waals surface area contributed by atoms with Crippen LogP contribution < -0.4 is 4.90 Å². The summed E-state index contributed by atoms with van der Waals surface area (Å²) < 4.78 is 15.3. The molecule has 1 aliphatic heterocycles. The molecule has 0 unspecified atom stereocenters. The molecule has 1 saturated heterocycles. The van der Waals surface area contributed by atoms with E-state index >= 15 is 0 Å². The van der Waals surface area contributed by atoms with Crippen LogP contribution in [0, 0.1) is 26.6 Å². The van der Waals surface area contributed by atoms with Gasteiger partial charge >= 0.3 is 0 Å². The Kier molecular flexibility index (Phi) is 5.09. The fraction of sp³-hybridized carbons (Fsp3) is 0.381. The van der Waals surface area contributed by atoms with Gasteiger partial charge in [0.05, 0.1) is 5.69 Å². The van der Waals surface area contributed by atoms with Gasteiger partial charge in [-0.2, -0.15) is 5.10 Å². The van der Waals surface area contributed by atoms with Crippen LogP contribution in [0.25, 0.3) is 5.82 Å². The van der Waals surface area contributed by atoms with Gasteiger partial charge in [-0.05, 0) is 44.5 Å². The Morgan fingerprint density at radius 1 is 0.929 bits per heavy atom. The third kappa shape index (κ3) is 4.04. The molecule has 4 rings (SSSR count). The lowest BCUT2D eigenvalue weighted by molar-refractivity contribution is 0.249. The van der Waals surface area contributed by atoms with E-state index in [1.54, 1.807) is 12.1 Å². The topological polar surface area (TPSA) is 50.1 Å². The molecule has 1 fully saturated rings. The van der Waals surface area contributed by atoms with Crippen molar-refractivity contribution >= 4 is 5.82 Å². The number of aryl methyl sites for hydroxylation is 3. The summed E-state index contributed by atoms with van der Waals surface area (Å²) in [5, 5.41) is 4.54. The van der Waals surface area contributed by atoms with Crippen LogP contribution in [-0.2, 0) is 6.54 Å². The van der Waals surface area contributed by atoms with E-state index in [0.29, 0.717) is 0 Å². The lowest BCUT2D eigenvalue weighted by atomic mass is 10.2. The van der Waals surface area contributed by atoms with Gasteiger partial charge in [-0.3, -0.25) is 4.90 Å². The SMILES string of the molecule is Cc1cc(C)n(-c2cc(N3CCN(Cc4cccc(F)c4)CC3)nc(C)n2)n1. The highest BCUT2D eigenvalue weighted by Crippen LogP contribution is 2.19. The van der Waals surface area contributed by atoms with E-state index in [4.69, 9.17) is 0 Å². The molecule has 0 saturated carbocycles. The quantitative estimate of drug-likeness (QED) is 0.696. The smallest absolute Gasteiger partial charge is 0.159 e. The van der Waals surface area contributed by atoms with Crippen molar-refractivity contribution < 1.29 is 4.39 Å². The van der Waals surface area contributed by atoms with E-state index in [1.807, 2.05) is 43.7 Å². The summed E-state index contributed by atoms with van der Waals surface area (Å²) in [6.45, 7) is 10.3. The second-order valence-electron chi connectivity index (χ2n) is 7.36. The second kappa shape index (κ2) is 7.67. The van der Waals surface area contributed by atoms with Crippen molar-refractivity contribution in [1.82, 2.24) is 24.6 Å². The van der Waals surface area contributed by atoms with Crippen LogP contribution in [0.4, 0.5) is 10.2 Å². The molecular formula is C21H25FN6. The van der Waals surface area contributed by atoms with Crippen LogP contribution in [0.3, 0.4) is 0 Å². The average Bonchev–Trinajstić information content (AvgIpc) is 3.00. The van der Waals surface area contributed by atoms with Crippen molar-refractivity contribution in [2.75, 3.05) is 31.1 Å². The van der Waals surface area contributed by atoms with Crippen LogP contribution >= 0.6 is 0 Å². The fourth-order valence-electron chi connectivity index (χ4n) is 3.70. The lowest BCUT2D eigenvalue weighted by Gasteiger charge is -2.35. The molecule has 0 aliphatic carbocycles. The van der Waals surface area contributed by atoms with Crippen molar-refractivity contribution in [2.45, 2.75) is 27.3 Å². The molecular weight excluding hydrogens is 355 g/mol. The molecule has 0 spiro atoms. The molecule has 3 heterocycles.